The Bertz CT molecular complexity index is 1020. The van der Waals surface area contributed by atoms with Crippen LogP contribution >= 0.6 is 11.6 Å². The van der Waals surface area contributed by atoms with Gasteiger partial charge in [0.2, 0.25) is 5.60 Å². The highest BCUT2D eigenvalue weighted by Crippen LogP contribution is 2.43. The second-order valence-corrected chi connectivity index (χ2v) is 11.0. The number of benzene rings is 2. The first-order valence-corrected chi connectivity index (χ1v) is 12.6. The molecule has 0 spiro atoms. The lowest BCUT2D eigenvalue weighted by Gasteiger charge is -2.34. The molecule has 0 amide bonds. The van der Waals surface area contributed by atoms with Gasteiger partial charge in [-0.1, -0.05) is 37.6 Å². The van der Waals surface area contributed by atoms with E-state index < -0.39 is 11.6 Å². The van der Waals surface area contributed by atoms with Crippen molar-refractivity contribution in [3.63, 3.8) is 0 Å². The van der Waals surface area contributed by atoms with E-state index >= 15 is 0 Å². The van der Waals surface area contributed by atoms with E-state index in [2.05, 4.69) is 26.0 Å². The molecule has 1 aliphatic heterocycles. The zero-order valence-electron chi connectivity index (χ0n) is 20.4. The van der Waals surface area contributed by atoms with Gasteiger partial charge in [0, 0.05) is 18.9 Å². The molecule has 0 aromatic heterocycles. The molecular weight excluding hydrogens is 452 g/mol. The molecule has 0 bridgehead atoms. The minimum atomic E-state index is -1.19. The van der Waals surface area contributed by atoms with Gasteiger partial charge < -0.3 is 19.3 Å². The quantitative estimate of drug-likeness (QED) is 0.405. The Morgan fingerprint density at radius 1 is 1.06 bits per heavy atom. The van der Waals surface area contributed by atoms with Gasteiger partial charge in [0.1, 0.15) is 17.2 Å². The van der Waals surface area contributed by atoms with Crippen molar-refractivity contribution < 1.29 is 24.1 Å². The number of fused-ring (bicyclic) bond motifs is 1. The monoisotopic (exact) mass is 486 g/mol. The molecule has 1 aliphatic carbocycles. The van der Waals surface area contributed by atoms with Gasteiger partial charge in [0.15, 0.2) is 0 Å². The third-order valence-corrected chi connectivity index (χ3v) is 7.57. The normalized spacial score (nSPS) is 21.9. The summed E-state index contributed by atoms with van der Waals surface area (Å²) in [7, 11) is 0. The summed E-state index contributed by atoms with van der Waals surface area (Å²) in [6.07, 6.45) is 6.75. The fraction of sp³-hybridized carbons (Fsp3) is 0.536. The van der Waals surface area contributed by atoms with Gasteiger partial charge >= 0.3 is 5.97 Å². The molecule has 0 saturated heterocycles. The van der Waals surface area contributed by atoms with E-state index in [1.807, 2.05) is 18.2 Å². The Morgan fingerprint density at radius 2 is 1.79 bits per heavy atom. The average molecular weight is 487 g/mol. The number of halogens is 1. The Kier molecular flexibility index (Phi) is 7.32. The minimum Gasteiger partial charge on any atom is -0.493 e. The molecule has 0 radical (unpaired) electrons. The van der Waals surface area contributed by atoms with Crippen molar-refractivity contribution in [1.29, 1.82) is 0 Å². The predicted octanol–water partition coefficient (Wildman–Crippen LogP) is 7.04. The van der Waals surface area contributed by atoms with Gasteiger partial charge in [-0.05, 0) is 79.7 Å². The third kappa shape index (κ3) is 5.80. The number of hydrogen-bond donors (Lipinski definition) is 1. The molecule has 0 unspecified atom stereocenters. The zero-order chi connectivity index (χ0) is 24.3. The van der Waals surface area contributed by atoms with Crippen LogP contribution in [0, 0.1) is 5.41 Å². The molecule has 2 aromatic rings. The van der Waals surface area contributed by atoms with E-state index in [1.165, 1.54) is 31.2 Å². The molecule has 2 aliphatic rings. The summed E-state index contributed by atoms with van der Waals surface area (Å²) >= 11 is 6.51. The van der Waals surface area contributed by atoms with Crippen LogP contribution in [0.25, 0.3) is 0 Å². The van der Waals surface area contributed by atoms with Crippen LogP contribution in [0.3, 0.4) is 0 Å². The molecule has 1 N–H and O–H groups in total. The largest absolute Gasteiger partial charge is 0.493 e. The summed E-state index contributed by atoms with van der Waals surface area (Å²) in [5, 5.41) is 10.1. The van der Waals surface area contributed by atoms with Gasteiger partial charge in [-0.2, -0.15) is 0 Å². The van der Waals surface area contributed by atoms with Gasteiger partial charge in [0.25, 0.3) is 0 Å². The lowest BCUT2D eigenvalue weighted by atomic mass is 9.71. The molecule has 1 heterocycles. The lowest BCUT2D eigenvalue weighted by Crippen LogP contribution is -2.44. The number of aryl methyl sites for hydroxylation is 1. The standard InChI is InChI=1S/C28H35ClO5/c1-27(2)12-9-19(10-13-27)21-6-8-24(23(29)17-21)33-16-4-15-32-22-7-5-20-11-14-28(3,26(30)31)34-25(20)18-22/h5-8,17-19H,4,9-16H2,1-3H3,(H,30,31)/t28-/m1/s1. The van der Waals surface area contributed by atoms with Crippen LogP contribution in [0.15, 0.2) is 36.4 Å². The summed E-state index contributed by atoms with van der Waals surface area (Å²) in [5.41, 5.74) is 1.58. The highest BCUT2D eigenvalue weighted by atomic mass is 35.5. The third-order valence-electron chi connectivity index (χ3n) is 7.28. The van der Waals surface area contributed by atoms with Crippen molar-refractivity contribution in [2.24, 2.45) is 5.41 Å². The number of rotatable bonds is 8. The molecule has 2 aromatic carbocycles. The maximum Gasteiger partial charge on any atom is 0.347 e. The average Bonchev–Trinajstić information content (AvgIpc) is 2.79. The minimum absolute atomic E-state index is 0.454. The molecule has 184 valence electrons. The van der Waals surface area contributed by atoms with Crippen molar-refractivity contribution in [1.82, 2.24) is 0 Å². The van der Waals surface area contributed by atoms with Crippen LogP contribution < -0.4 is 14.2 Å². The number of hydrogen-bond acceptors (Lipinski definition) is 4. The Labute approximate surface area is 207 Å². The van der Waals surface area contributed by atoms with E-state index in [1.54, 1.807) is 13.0 Å². The first-order chi connectivity index (χ1) is 16.2. The van der Waals surface area contributed by atoms with Crippen LogP contribution in [0.1, 0.15) is 76.3 Å². The van der Waals surface area contributed by atoms with Crippen molar-refractivity contribution in [2.75, 3.05) is 13.2 Å². The summed E-state index contributed by atoms with van der Waals surface area (Å²) in [6.45, 7) is 7.28. The molecule has 6 heteroatoms. The number of ether oxygens (including phenoxy) is 3. The summed E-state index contributed by atoms with van der Waals surface area (Å²) in [4.78, 5) is 11.5. The second kappa shape index (κ2) is 10.1. The Balaban J connectivity index is 1.24. The van der Waals surface area contributed by atoms with Crippen LogP contribution in [-0.4, -0.2) is 29.9 Å². The maximum absolute atomic E-state index is 11.5. The number of aliphatic carboxylic acids is 1. The first-order valence-electron chi connectivity index (χ1n) is 12.3. The van der Waals surface area contributed by atoms with Gasteiger partial charge in [0.05, 0.1) is 18.2 Å². The highest BCUT2D eigenvalue weighted by molar-refractivity contribution is 6.32. The van der Waals surface area contributed by atoms with Crippen LogP contribution in [0.2, 0.25) is 5.02 Å². The molecule has 4 rings (SSSR count). The smallest absolute Gasteiger partial charge is 0.347 e. The molecule has 1 saturated carbocycles. The van der Waals surface area contributed by atoms with E-state index in [9.17, 15) is 9.90 Å². The zero-order valence-corrected chi connectivity index (χ0v) is 21.1. The van der Waals surface area contributed by atoms with Gasteiger partial charge in [-0.25, -0.2) is 4.79 Å². The van der Waals surface area contributed by atoms with E-state index in [0.717, 1.165) is 5.56 Å². The fourth-order valence-electron chi connectivity index (χ4n) is 4.80. The van der Waals surface area contributed by atoms with Crippen molar-refractivity contribution >= 4 is 17.6 Å². The molecule has 5 nitrogen and oxygen atoms in total. The molecular formula is C28H35ClO5. The van der Waals surface area contributed by atoms with Crippen molar-refractivity contribution in [2.45, 2.75) is 77.2 Å². The van der Waals surface area contributed by atoms with E-state index in [-0.39, 0.29) is 0 Å². The van der Waals surface area contributed by atoms with Crippen LogP contribution in [-0.2, 0) is 11.2 Å². The topological polar surface area (TPSA) is 65.0 Å². The van der Waals surface area contributed by atoms with Crippen molar-refractivity contribution in [3.05, 3.63) is 52.5 Å². The SMILES string of the molecule is CC1(C)CCC(c2ccc(OCCCOc3ccc4c(c3)O[C@@](C)(C(=O)O)CC4)c(Cl)c2)CC1. The number of carboxylic acid groups (broad SMARTS) is 1. The predicted molar refractivity (Wildman–Crippen MR) is 133 cm³/mol. The van der Waals surface area contributed by atoms with Gasteiger partial charge in [-0.3, -0.25) is 0 Å². The lowest BCUT2D eigenvalue weighted by molar-refractivity contribution is -0.155. The summed E-state index contributed by atoms with van der Waals surface area (Å²) < 4.78 is 17.5. The fourth-order valence-corrected chi connectivity index (χ4v) is 5.04. The first kappa shape index (κ1) is 24.7. The van der Waals surface area contributed by atoms with E-state index in [4.69, 9.17) is 25.8 Å². The molecule has 1 atom stereocenters. The Hall–Kier alpha value is -2.40. The van der Waals surface area contributed by atoms with Gasteiger partial charge in [-0.15, -0.1) is 0 Å². The molecule has 1 fully saturated rings. The van der Waals surface area contributed by atoms with Crippen LogP contribution in [0.4, 0.5) is 0 Å². The van der Waals surface area contributed by atoms with Crippen molar-refractivity contribution in [3.8, 4) is 17.2 Å². The second-order valence-electron chi connectivity index (χ2n) is 10.6. The number of carbonyl (C=O) groups is 1. The maximum atomic E-state index is 11.5. The van der Waals surface area contributed by atoms with E-state index in [0.29, 0.717) is 66.1 Å². The number of carboxylic acids is 1. The highest BCUT2D eigenvalue weighted by Gasteiger charge is 2.39. The summed E-state index contributed by atoms with van der Waals surface area (Å²) in [5.74, 6) is 1.58. The van der Waals surface area contributed by atoms with Crippen LogP contribution in [0.5, 0.6) is 17.2 Å². The Morgan fingerprint density at radius 3 is 2.50 bits per heavy atom. The summed E-state index contributed by atoms with van der Waals surface area (Å²) in [6, 6.07) is 11.8. The molecule has 34 heavy (non-hydrogen) atoms.